The molecule has 1 heterocycles. The molecule has 1 amide bonds. The number of hydrogen-bond donors (Lipinski definition) is 1. The van der Waals surface area contributed by atoms with E-state index in [1.165, 1.54) is 0 Å². The highest BCUT2D eigenvalue weighted by molar-refractivity contribution is 9.06. The molecule has 142 valence electrons. The van der Waals surface area contributed by atoms with E-state index < -0.39 is 12.2 Å². The van der Waals surface area contributed by atoms with E-state index in [0.29, 0.717) is 17.9 Å². The highest BCUT2D eigenvalue weighted by Crippen LogP contribution is 2.28. The Morgan fingerprint density at radius 3 is 2.56 bits per heavy atom. The number of carbonyl (C=O) groups excluding carboxylic acids is 1. The summed E-state index contributed by atoms with van der Waals surface area (Å²) in [6.45, 7) is 3.99. The van der Waals surface area contributed by atoms with Gasteiger partial charge in [0.05, 0.1) is 18.0 Å². The van der Waals surface area contributed by atoms with Gasteiger partial charge in [-0.1, -0.05) is 44.2 Å². The predicted molar refractivity (Wildman–Crippen MR) is 105 cm³/mol. The van der Waals surface area contributed by atoms with Gasteiger partial charge in [-0.25, -0.2) is 0 Å². The first-order valence-corrected chi connectivity index (χ1v) is 9.29. The molecule has 0 bridgehead atoms. The van der Waals surface area contributed by atoms with Crippen molar-refractivity contribution in [2.24, 2.45) is 5.92 Å². The highest BCUT2D eigenvalue weighted by atomic mass is 79.9. The van der Waals surface area contributed by atoms with Gasteiger partial charge in [-0.3, -0.25) is 9.78 Å². The zero-order valence-corrected chi connectivity index (χ0v) is 16.8. The Morgan fingerprint density at radius 2 is 2.00 bits per heavy atom. The van der Waals surface area contributed by atoms with Crippen molar-refractivity contribution in [1.29, 1.82) is 5.26 Å². The third-order valence-corrected chi connectivity index (χ3v) is 4.21. The molecule has 1 aromatic carbocycles. The van der Waals surface area contributed by atoms with Crippen LogP contribution in [-0.2, 0) is 9.53 Å². The zero-order chi connectivity index (χ0) is 19.6. The van der Waals surface area contributed by atoms with Crippen LogP contribution in [0.15, 0.2) is 48.7 Å². The van der Waals surface area contributed by atoms with Gasteiger partial charge in [-0.05, 0) is 30.0 Å². The van der Waals surface area contributed by atoms with Crippen LogP contribution in [0.4, 0.5) is 0 Å². The standard InChI is InChI=1S/C20H22BrN3O3/c1-14(2)12-18(20(25)23-11-10-22)26-19(15-6-4-3-5-7-15)17-9-8-16(27-21)13-24-17/h3-9,13-14,18-19H,11-12H2,1-2H3,(H,23,25)/t18-,19?/m0/s1. The molecule has 0 aliphatic rings. The number of nitrogens with zero attached hydrogens (tertiary/aromatic N) is 2. The first-order valence-electron chi connectivity index (χ1n) is 8.64. The Hall–Kier alpha value is -2.43. The maximum absolute atomic E-state index is 12.5. The topological polar surface area (TPSA) is 84.2 Å². The van der Waals surface area contributed by atoms with Gasteiger partial charge in [-0.15, -0.1) is 0 Å². The number of pyridine rings is 1. The van der Waals surface area contributed by atoms with Gasteiger partial charge in [0.2, 0.25) is 5.91 Å². The van der Waals surface area contributed by atoms with Crippen LogP contribution < -0.4 is 9.15 Å². The SMILES string of the molecule is CC(C)C[C@H](OC(c1ccccc1)c1ccc(OBr)cn1)C(=O)NCC#N. The summed E-state index contributed by atoms with van der Waals surface area (Å²) in [5, 5.41) is 11.3. The van der Waals surface area contributed by atoms with Crippen molar-refractivity contribution in [1.82, 2.24) is 10.3 Å². The van der Waals surface area contributed by atoms with Crippen LogP contribution in [0.1, 0.15) is 37.6 Å². The first-order chi connectivity index (χ1) is 13.0. The number of hydrogen-bond acceptors (Lipinski definition) is 5. The van der Waals surface area contributed by atoms with Crippen LogP contribution in [0.2, 0.25) is 0 Å². The van der Waals surface area contributed by atoms with Crippen molar-refractivity contribution in [2.45, 2.75) is 32.5 Å². The van der Waals surface area contributed by atoms with E-state index in [2.05, 4.69) is 26.6 Å². The Kier molecular flexibility index (Phi) is 8.24. The second-order valence-electron chi connectivity index (χ2n) is 6.42. The molecule has 0 aliphatic heterocycles. The Balaban J connectivity index is 2.32. The summed E-state index contributed by atoms with van der Waals surface area (Å²) >= 11 is 2.92. The second kappa shape index (κ2) is 10.7. The monoisotopic (exact) mass is 431 g/mol. The Bertz CT molecular complexity index is 760. The molecule has 0 aliphatic carbocycles. The van der Waals surface area contributed by atoms with Gasteiger partial charge in [-0.2, -0.15) is 5.26 Å². The fraction of sp³-hybridized carbons (Fsp3) is 0.350. The van der Waals surface area contributed by atoms with E-state index in [4.69, 9.17) is 13.8 Å². The molecule has 0 saturated carbocycles. The molecule has 0 radical (unpaired) electrons. The third kappa shape index (κ3) is 6.35. The lowest BCUT2D eigenvalue weighted by Crippen LogP contribution is -2.38. The lowest BCUT2D eigenvalue weighted by molar-refractivity contribution is -0.136. The summed E-state index contributed by atoms with van der Waals surface area (Å²) in [5.41, 5.74) is 1.55. The maximum atomic E-state index is 12.5. The van der Waals surface area contributed by atoms with Crippen molar-refractivity contribution in [2.75, 3.05) is 6.54 Å². The van der Waals surface area contributed by atoms with Crippen LogP contribution in [0.25, 0.3) is 0 Å². The van der Waals surface area contributed by atoms with Crippen molar-refractivity contribution >= 4 is 22.2 Å². The van der Waals surface area contributed by atoms with Gasteiger partial charge in [0.1, 0.15) is 18.8 Å². The molecule has 1 unspecified atom stereocenters. The van der Waals surface area contributed by atoms with E-state index >= 15 is 0 Å². The molecule has 2 aromatic rings. The number of benzene rings is 1. The Labute approximate surface area is 168 Å². The highest BCUT2D eigenvalue weighted by Gasteiger charge is 2.27. The fourth-order valence-electron chi connectivity index (χ4n) is 2.60. The summed E-state index contributed by atoms with van der Waals surface area (Å²) in [6.07, 6.45) is 0.893. The van der Waals surface area contributed by atoms with E-state index in [1.54, 1.807) is 18.3 Å². The number of ether oxygens (including phenoxy) is 1. The average Bonchev–Trinajstić information content (AvgIpc) is 2.69. The van der Waals surface area contributed by atoms with E-state index in [-0.39, 0.29) is 18.4 Å². The minimum atomic E-state index is -0.697. The smallest absolute Gasteiger partial charge is 0.250 e. The van der Waals surface area contributed by atoms with Crippen LogP contribution in [0.5, 0.6) is 5.75 Å². The van der Waals surface area contributed by atoms with Gasteiger partial charge < -0.3 is 13.9 Å². The minimum absolute atomic E-state index is 0.0532. The van der Waals surface area contributed by atoms with E-state index in [0.717, 1.165) is 5.56 Å². The molecule has 2 rings (SSSR count). The number of nitrogens with one attached hydrogen (secondary N) is 1. The van der Waals surface area contributed by atoms with Crippen LogP contribution in [0.3, 0.4) is 0 Å². The molecular weight excluding hydrogens is 410 g/mol. The quantitative estimate of drug-likeness (QED) is 0.607. The largest absolute Gasteiger partial charge is 0.416 e. The average molecular weight is 432 g/mol. The number of nitriles is 1. The normalized spacial score (nSPS) is 12.9. The van der Waals surface area contributed by atoms with Crippen molar-refractivity contribution in [3.05, 3.63) is 59.9 Å². The molecule has 6 nitrogen and oxygen atoms in total. The molecule has 27 heavy (non-hydrogen) atoms. The van der Waals surface area contributed by atoms with Crippen LogP contribution in [0, 0.1) is 17.2 Å². The lowest BCUT2D eigenvalue weighted by atomic mass is 10.0. The fourth-order valence-corrected chi connectivity index (χ4v) is 2.79. The predicted octanol–water partition coefficient (Wildman–Crippen LogP) is 3.93. The Morgan fingerprint density at radius 1 is 1.26 bits per heavy atom. The van der Waals surface area contributed by atoms with Crippen molar-refractivity contribution < 1.29 is 13.4 Å². The molecule has 1 N–H and O–H groups in total. The van der Waals surface area contributed by atoms with Crippen molar-refractivity contribution in [3.63, 3.8) is 0 Å². The lowest BCUT2D eigenvalue weighted by Gasteiger charge is -2.25. The van der Waals surface area contributed by atoms with E-state index in [9.17, 15) is 4.79 Å². The summed E-state index contributed by atoms with van der Waals surface area (Å²) in [4.78, 5) is 16.9. The molecule has 0 saturated heterocycles. The van der Waals surface area contributed by atoms with Gasteiger partial charge >= 0.3 is 0 Å². The van der Waals surface area contributed by atoms with E-state index in [1.807, 2.05) is 50.2 Å². The summed E-state index contributed by atoms with van der Waals surface area (Å²) in [5.74, 6) is 0.513. The molecule has 2 atom stereocenters. The first kappa shape index (κ1) is 20.9. The van der Waals surface area contributed by atoms with Crippen LogP contribution in [-0.4, -0.2) is 23.5 Å². The summed E-state index contributed by atoms with van der Waals surface area (Å²) < 4.78 is 11.2. The zero-order valence-electron chi connectivity index (χ0n) is 15.3. The van der Waals surface area contributed by atoms with Gasteiger partial charge in [0.25, 0.3) is 0 Å². The van der Waals surface area contributed by atoms with Gasteiger partial charge in [0, 0.05) is 0 Å². The number of halogens is 1. The molecular formula is C20H22BrN3O3. The number of rotatable bonds is 9. The minimum Gasteiger partial charge on any atom is -0.416 e. The number of amides is 1. The van der Waals surface area contributed by atoms with Crippen molar-refractivity contribution in [3.8, 4) is 11.8 Å². The summed E-state index contributed by atoms with van der Waals surface area (Å²) in [7, 11) is 0. The molecule has 7 heteroatoms. The molecule has 0 spiro atoms. The second-order valence-corrected chi connectivity index (χ2v) is 6.74. The number of aromatic nitrogens is 1. The number of carbonyl (C=O) groups is 1. The molecule has 0 fully saturated rings. The maximum Gasteiger partial charge on any atom is 0.250 e. The van der Waals surface area contributed by atoms with Gasteiger partial charge in [0.15, 0.2) is 22.0 Å². The van der Waals surface area contributed by atoms with Crippen LogP contribution >= 0.6 is 16.3 Å². The summed E-state index contributed by atoms with van der Waals surface area (Å²) in [6, 6.07) is 15.1. The molecule has 1 aromatic heterocycles. The third-order valence-electron chi connectivity index (χ3n) is 3.84.